The first-order chi connectivity index (χ1) is 12.0. The molecule has 1 aliphatic heterocycles. The van der Waals surface area contributed by atoms with Crippen LogP contribution in [0.1, 0.15) is 17.7 Å². The molecule has 1 amide bonds. The van der Waals surface area contributed by atoms with Gasteiger partial charge in [0.2, 0.25) is 5.75 Å². The minimum absolute atomic E-state index is 0.0320. The number of pyridine rings is 1. The summed E-state index contributed by atoms with van der Waals surface area (Å²) in [6.07, 6.45) is 0.655. The maximum absolute atomic E-state index is 12.2. The van der Waals surface area contributed by atoms with E-state index in [1.54, 1.807) is 13.0 Å². The van der Waals surface area contributed by atoms with Crippen LogP contribution in [0.2, 0.25) is 0 Å². The summed E-state index contributed by atoms with van der Waals surface area (Å²) < 4.78 is 5.30. The van der Waals surface area contributed by atoms with E-state index in [1.807, 2.05) is 30.3 Å². The number of carbonyl (C=O) groups excluding carboxylic acids is 1. The van der Waals surface area contributed by atoms with Gasteiger partial charge in [-0.05, 0) is 27.6 Å². The summed E-state index contributed by atoms with van der Waals surface area (Å²) in [6, 6.07) is 12.6. The predicted octanol–water partition coefficient (Wildman–Crippen LogP) is 2.31. The third-order valence-electron chi connectivity index (χ3n) is 3.70. The molecule has 8 heteroatoms. The van der Waals surface area contributed by atoms with Crippen LogP contribution < -0.4 is 4.74 Å². The van der Waals surface area contributed by atoms with Crippen LogP contribution in [0.5, 0.6) is 5.75 Å². The highest BCUT2D eigenvalue weighted by molar-refractivity contribution is 6.02. The Hall–Kier alpha value is -3.29. The van der Waals surface area contributed by atoms with E-state index in [1.165, 1.54) is 11.1 Å². The Balaban J connectivity index is 1.66. The van der Waals surface area contributed by atoms with Gasteiger partial charge >= 0.3 is 5.82 Å². The summed E-state index contributed by atoms with van der Waals surface area (Å²) in [7, 11) is 0. The van der Waals surface area contributed by atoms with Gasteiger partial charge in [0.05, 0.1) is 12.3 Å². The average molecular weight is 340 g/mol. The molecule has 0 saturated carbocycles. The van der Waals surface area contributed by atoms with Gasteiger partial charge in [0, 0.05) is 13.3 Å². The third kappa shape index (κ3) is 3.79. The topological polar surface area (TPSA) is 97.9 Å². The Morgan fingerprint density at radius 2 is 2.04 bits per heavy atom. The van der Waals surface area contributed by atoms with Crippen LogP contribution in [-0.2, 0) is 4.79 Å². The summed E-state index contributed by atoms with van der Waals surface area (Å²) in [4.78, 5) is 26.5. The van der Waals surface area contributed by atoms with Gasteiger partial charge in [0.15, 0.2) is 6.61 Å². The summed E-state index contributed by atoms with van der Waals surface area (Å²) in [5.41, 5.74) is 2.30. The molecule has 25 heavy (non-hydrogen) atoms. The van der Waals surface area contributed by atoms with Crippen molar-refractivity contribution in [2.75, 3.05) is 13.2 Å². The number of amides is 1. The van der Waals surface area contributed by atoms with E-state index in [9.17, 15) is 14.9 Å². The first-order valence-electron chi connectivity index (χ1n) is 7.72. The molecule has 0 spiro atoms. The number of carbonyl (C=O) groups is 1. The number of nitro groups is 1. The molecule has 3 rings (SSSR count). The SMILES string of the molecule is Cc1ccc(OCC(=O)N2CCC(c3ccccc3)=N2)c([N+](=O)[O-])n1. The minimum Gasteiger partial charge on any atom is -0.475 e. The zero-order valence-electron chi connectivity index (χ0n) is 13.6. The highest BCUT2D eigenvalue weighted by atomic mass is 16.6. The van der Waals surface area contributed by atoms with Gasteiger partial charge in [0.25, 0.3) is 5.91 Å². The van der Waals surface area contributed by atoms with Crippen LogP contribution in [0.15, 0.2) is 47.6 Å². The third-order valence-corrected chi connectivity index (χ3v) is 3.70. The predicted molar refractivity (Wildman–Crippen MR) is 90.4 cm³/mol. The second-order valence-corrected chi connectivity index (χ2v) is 5.50. The van der Waals surface area contributed by atoms with Crippen LogP contribution >= 0.6 is 0 Å². The lowest BCUT2D eigenvalue weighted by Crippen LogP contribution is -2.29. The van der Waals surface area contributed by atoms with E-state index >= 15 is 0 Å². The number of nitrogens with zero attached hydrogens (tertiary/aromatic N) is 4. The highest BCUT2D eigenvalue weighted by Gasteiger charge is 2.24. The largest absolute Gasteiger partial charge is 0.475 e. The molecule has 0 aliphatic carbocycles. The lowest BCUT2D eigenvalue weighted by Gasteiger charge is -2.12. The van der Waals surface area contributed by atoms with Crippen LogP contribution in [0.25, 0.3) is 0 Å². The average Bonchev–Trinajstić information content (AvgIpc) is 3.11. The monoisotopic (exact) mass is 340 g/mol. The molecule has 0 atom stereocenters. The lowest BCUT2D eigenvalue weighted by atomic mass is 10.1. The molecule has 0 fully saturated rings. The summed E-state index contributed by atoms with van der Waals surface area (Å²) >= 11 is 0. The number of hydrogen-bond acceptors (Lipinski definition) is 6. The van der Waals surface area contributed by atoms with E-state index in [4.69, 9.17) is 4.74 Å². The normalized spacial score (nSPS) is 13.5. The van der Waals surface area contributed by atoms with Crippen molar-refractivity contribution >= 4 is 17.4 Å². The standard InChI is InChI=1S/C17H16N4O4/c1-12-7-8-15(17(18-12)21(23)24)25-11-16(22)20-10-9-14(19-20)13-5-3-2-4-6-13/h2-8H,9-11H2,1H3. The maximum atomic E-state index is 12.2. The Morgan fingerprint density at radius 1 is 1.28 bits per heavy atom. The molecule has 1 aromatic carbocycles. The zero-order chi connectivity index (χ0) is 17.8. The van der Waals surface area contributed by atoms with Crippen molar-refractivity contribution in [1.29, 1.82) is 0 Å². The van der Waals surface area contributed by atoms with Crippen molar-refractivity contribution in [3.63, 3.8) is 0 Å². The molecule has 2 aromatic rings. The number of hydrazone groups is 1. The van der Waals surface area contributed by atoms with Crippen molar-refractivity contribution in [1.82, 2.24) is 9.99 Å². The van der Waals surface area contributed by atoms with E-state index in [-0.39, 0.29) is 18.3 Å². The highest BCUT2D eigenvalue weighted by Crippen LogP contribution is 2.24. The van der Waals surface area contributed by atoms with E-state index < -0.39 is 10.7 Å². The van der Waals surface area contributed by atoms with Crippen molar-refractivity contribution in [2.24, 2.45) is 5.10 Å². The fourth-order valence-electron chi connectivity index (χ4n) is 2.46. The molecule has 8 nitrogen and oxygen atoms in total. The van der Waals surface area contributed by atoms with Gasteiger partial charge in [-0.25, -0.2) is 5.01 Å². The van der Waals surface area contributed by atoms with Gasteiger partial charge in [-0.15, -0.1) is 0 Å². The van der Waals surface area contributed by atoms with Crippen molar-refractivity contribution < 1.29 is 14.5 Å². The number of rotatable bonds is 5. The zero-order valence-corrected chi connectivity index (χ0v) is 13.6. The summed E-state index contributed by atoms with van der Waals surface area (Å²) in [5.74, 6) is -0.793. The van der Waals surface area contributed by atoms with Crippen molar-refractivity contribution in [3.05, 3.63) is 63.8 Å². The number of hydrogen-bond donors (Lipinski definition) is 0. The Bertz CT molecular complexity index is 836. The summed E-state index contributed by atoms with van der Waals surface area (Å²) in [6.45, 7) is 1.77. The molecule has 0 radical (unpaired) electrons. The van der Waals surface area contributed by atoms with Crippen LogP contribution in [0.3, 0.4) is 0 Å². The van der Waals surface area contributed by atoms with E-state index in [0.717, 1.165) is 11.3 Å². The molecular formula is C17H16N4O4. The molecule has 1 aromatic heterocycles. The minimum atomic E-state index is -0.631. The van der Waals surface area contributed by atoms with E-state index in [0.29, 0.717) is 18.7 Å². The van der Waals surface area contributed by atoms with Gasteiger partial charge in [-0.2, -0.15) is 5.10 Å². The number of benzene rings is 1. The van der Waals surface area contributed by atoms with Gasteiger partial charge in [0.1, 0.15) is 5.69 Å². The first kappa shape index (κ1) is 16.6. The van der Waals surface area contributed by atoms with Crippen LogP contribution in [-0.4, -0.2) is 39.7 Å². The summed E-state index contributed by atoms with van der Waals surface area (Å²) in [5, 5.41) is 16.7. The molecule has 0 saturated heterocycles. The molecule has 0 bridgehead atoms. The molecule has 1 aliphatic rings. The molecule has 0 unspecified atom stereocenters. The lowest BCUT2D eigenvalue weighted by molar-refractivity contribution is -0.390. The Morgan fingerprint density at radius 3 is 2.76 bits per heavy atom. The van der Waals surface area contributed by atoms with Gasteiger partial charge in [-0.1, -0.05) is 30.3 Å². The molecule has 0 N–H and O–H groups in total. The van der Waals surface area contributed by atoms with Gasteiger partial charge in [-0.3, -0.25) is 4.79 Å². The van der Waals surface area contributed by atoms with Crippen LogP contribution in [0, 0.1) is 17.0 Å². The second-order valence-electron chi connectivity index (χ2n) is 5.50. The molecule has 128 valence electrons. The Kier molecular flexibility index (Phi) is 4.69. The quantitative estimate of drug-likeness (QED) is 0.614. The van der Waals surface area contributed by atoms with Crippen molar-refractivity contribution in [2.45, 2.75) is 13.3 Å². The Labute approximate surface area is 143 Å². The fourth-order valence-corrected chi connectivity index (χ4v) is 2.46. The maximum Gasteiger partial charge on any atom is 0.406 e. The van der Waals surface area contributed by atoms with Crippen LogP contribution in [0.4, 0.5) is 5.82 Å². The number of aryl methyl sites for hydroxylation is 1. The number of ether oxygens (including phenoxy) is 1. The van der Waals surface area contributed by atoms with Crippen molar-refractivity contribution in [3.8, 4) is 5.75 Å². The molecular weight excluding hydrogens is 324 g/mol. The first-order valence-corrected chi connectivity index (χ1v) is 7.72. The smallest absolute Gasteiger partial charge is 0.406 e. The second kappa shape index (κ2) is 7.08. The molecule has 2 heterocycles. The van der Waals surface area contributed by atoms with Gasteiger partial charge < -0.3 is 14.9 Å². The van der Waals surface area contributed by atoms with E-state index in [2.05, 4.69) is 10.1 Å². The number of aromatic nitrogens is 1. The fraction of sp³-hybridized carbons (Fsp3) is 0.235.